The van der Waals surface area contributed by atoms with Gasteiger partial charge in [0.25, 0.3) is 0 Å². The van der Waals surface area contributed by atoms with Gasteiger partial charge in [-0.25, -0.2) is 0 Å². The second-order valence-corrected chi connectivity index (χ2v) is 3.46. The molecule has 1 aliphatic rings. The minimum atomic E-state index is -0.429. The molecule has 0 spiro atoms. The van der Waals surface area contributed by atoms with Crippen molar-refractivity contribution in [2.75, 3.05) is 11.9 Å². The fourth-order valence-corrected chi connectivity index (χ4v) is 1.69. The topological polar surface area (TPSA) is 75.4 Å². The van der Waals surface area contributed by atoms with Gasteiger partial charge < -0.3 is 16.2 Å². The van der Waals surface area contributed by atoms with Crippen LogP contribution in [0.25, 0.3) is 0 Å². The van der Waals surface area contributed by atoms with Crippen LogP contribution in [-0.4, -0.2) is 23.7 Å². The van der Waals surface area contributed by atoms with E-state index in [2.05, 4.69) is 5.32 Å². The molecule has 2 rings (SSSR count). The first-order valence-electron chi connectivity index (χ1n) is 4.51. The zero-order valence-electron chi connectivity index (χ0n) is 7.66. The van der Waals surface area contributed by atoms with Crippen molar-refractivity contribution in [2.45, 2.75) is 12.5 Å². The Morgan fingerprint density at radius 1 is 1.64 bits per heavy atom. The van der Waals surface area contributed by atoms with Gasteiger partial charge in [-0.3, -0.25) is 4.79 Å². The molecular formula is C10H12N2O2. The highest BCUT2D eigenvalue weighted by Gasteiger charge is 2.20. The molecule has 0 saturated heterocycles. The van der Waals surface area contributed by atoms with Crippen LogP contribution in [0.4, 0.5) is 5.69 Å². The maximum absolute atomic E-state index is 10.9. The van der Waals surface area contributed by atoms with E-state index in [-0.39, 0.29) is 12.6 Å². The van der Waals surface area contributed by atoms with Crippen LogP contribution in [0.2, 0.25) is 0 Å². The van der Waals surface area contributed by atoms with E-state index in [0.29, 0.717) is 5.56 Å². The molecule has 0 aliphatic carbocycles. The summed E-state index contributed by atoms with van der Waals surface area (Å²) in [6.45, 7) is 0.0978. The Balaban J connectivity index is 2.31. The van der Waals surface area contributed by atoms with Gasteiger partial charge in [0.2, 0.25) is 5.91 Å². The molecule has 74 valence electrons. The molecule has 1 heterocycles. The quantitative estimate of drug-likeness (QED) is 0.622. The number of anilines is 1. The molecule has 1 aliphatic heterocycles. The number of hydrogen-bond acceptors (Lipinski definition) is 3. The Hall–Kier alpha value is -1.55. The average Bonchev–Trinajstić information content (AvgIpc) is 2.58. The summed E-state index contributed by atoms with van der Waals surface area (Å²) in [5.74, 6) is -0.429. The van der Waals surface area contributed by atoms with Crippen LogP contribution in [-0.2, 0) is 6.42 Å². The Labute approximate surface area is 81.7 Å². The third-order valence-corrected chi connectivity index (χ3v) is 2.44. The number of fused-ring (bicyclic) bond motifs is 1. The predicted octanol–water partition coefficient (Wildman–Crippen LogP) is 0.114. The lowest BCUT2D eigenvalue weighted by molar-refractivity contribution is 0.100. The molecule has 1 aromatic carbocycles. The number of benzene rings is 1. The van der Waals surface area contributed by atoms with Crippen LogP contribution in [0, 0.1) is 0 Å². The third kappa shape index (κ3) is 1.44. The number of hydrogen-bond donors (Lipinski definition) is 3. The van der Waals surface area contributed by atoms with Crippen molar-refractivity contribution in [3.63, 3.8) is 0 Å². The molecule has 4 N–H and O–H groups in total. The first-order valence-corrected chi connectivity index (χ1v) is 4.51. The number of carbonyl (C=O) groups excluding carboxylic acids is 1. The number of aliphatic hydroxyl groups is 1. The van der Waals surface area contributed by atoms with Gasteiger partial charge in [0.05, 0.1) is 12.6 Å². The van der Waals surface area contributed by atoms with Crippen LogP contribution < -0.4 is 11.1 Å². The van der Waals surface area contributed by atoms with Crippen molar-refractivity contribution in [1.29, 1.82) is 0 Å². The highest BCUT2D eigenvalue weighted by Crippen LogP contribution is 2.26. The summed E-state index contributed by atoms with van der Waals surface area (Å²) in [4.78, 5) is 10.9. The number of carbonyl (C=O) groups is 1. The number of rotatable bonds is 2. The van der Waals surface area contributed by atoms with Gasteiger partial charge in [-0.05, 0) is 24.1 Å². The largest absolute Gasteiger partial charge is 0.394 e. The fraction of sp³-hybridized carbons (Fsp3) is 0.300. The van der Waals surface area contributed by atoms with Crippen LogP contribution >= 0.6 is 0 Å². The van der Waals surface area contributed by atoms with E-state index in [1.54, 1.807) is 12.1 Å². The lowest BCUT2D eigenvalue weighted by Gasteiger charge is -2.05. The number of aliphatic hydroxyl groups excluding tert-OH is 1. The minimum Gasteiger partial charge on any atom is -0.394 e. The van der Waals surface area contributed by atoms with E-state index in [1.165, 1.54) is 0 Å². The van der Waals surface area contributed by atoms with E-state index >= 15 is 0 Å². The first-order chi connectivity index (χ1) is 6.70. The summed E-state index contributed by atoms with van der Waals surface area (Å²) in [5.41, 5.74) is 7.68. The monoisotopic (exact) mass is 192 g/mol. The van der Waals surface area contributed by atoms with Gasteiger partial charge in [0.1, 0.15) is 0 Å². The van der Waals surface area contributed by atoms with Gasteiger partial charge in [0, 0.05) is 11.3 Å². The summed E-state index contributed by atoms with van der Waals surface area (Å²) < 4.78 is 0. The number of primary amides is 1. The van der Waals surface area contributed by atoms with Crippen molar-refractivity contribution >= 4 is 11.6 Å². The zero-order chi connectivity index (χ0) is 10.1. The fourth-order valence-electron chi connectivity index (χ4n) is 1.69. The molecule has 4 nitrogen and oxygen atoms in total. The molecule has 0 radical (unpaired) electrons. The Kier molecular flexibility index (Phi) is 2.13. The zero-order valence-corrected chi connectivity index (χ0v) is 7.66. The maximum Gasteiger partial charge on any atom is 0.248 e. The van der Waals surface area contributed by atoms with Gasteiger partial charge in [-0.1, -0.05) is 6.07 Å². The molecule has 0 bridgehead atoms. The highest BCUT2D eigenvalue weighted by molar-refractivity contribution is 5.94. The molecular weight excluding hydrogens is 180 g/mol. The Morgan fingerprint density at radius 3 is 3.07 bits per heavy atom. The summed E-state index contributed by atoms with van der Waals surface area (Å²) >= 11 is 0. The molecule has 0 fully saturated rings. The highest BCUT2D eigenvalue weighted by atomic mass is 16.3. The van der Waals surface area contributed by atoms with Crippen molar-refractivity contribution in [3.05, 3.63) is 29.3 Å². The predicted molar refractivity (Wildman–Crippen MR) is 53.2 cm³/mol. The van der Waals surface area contributed by atoms with Crippen LogP contribution in [0.1, 0.15) is 15.9 Å². The van der Waals surface area contributed by atoms with Gasteiger partial charge >= 0.3 is 0 Å². The molecule has 1 amide bonds. The normalized spacial score (nSPS) is 18.8. The molecule has 14 heavy (non-hydrogen) atoms. The third-order valence-electron chi connectivity index (χ3n) is 2.44. The molecule has 4 heteroatoms. The minimum absolute atomic E-state index is 0.0631. The summed E-state index contributed by atoms with van der Waals surface area (Å²) in [5, 5.41) is 12.1. The lowest BCUT2D eigenvalue weighted by Crippen LogP contribution is -2.19. The van der Waals surface area contributed by atoms with Crippen LogP contribution in [0.5, 0.6) is 0 Å². The summed E-state index contributed by atoms with van der Waals surface area (Å²) in [6.07, 6.45) is 0.797. The van der Waals surface area contributed by atoms with E-state index in [0.717, 1.165) is 17.7 Å². The number of nitrogens with two attached hydrogens (primary N) is 1. The standard InChI is InChI=1S/C10H12N2O2/c11-10(14)7-2-1-6-3-8(5-13)12-9(6)4-7/h1-2,4,8,12-13H,3,5H2,(H2,11,14). The summed E-state index contributed by atoms with van der Waals surface area (Å²) in [7, 11) is 0. The van der Waals surface area contributed by atoms with E-state index in [4.69, 9.17) is 10.8 Å². The Morgan fingerprint density at radius 2 is 2.43 bits per heavy atom. The van der Waals surface area contributed by atoms with Crippen LogP contribution in [0.3, 0.4) is 0 Å². The second kappa shape index (κ2) is 3.31. The first kappa shape index (κ1) is 9.02. The lowest BCUT2D eigenvalue weighted by atomic mass is 10.1. The molecule has 0 aromatic heterocycles. The van der Waals surface area contributed by atoms with Crippen molar-refractivity contribution < 1.29 is 9.90 Å². The van der Waals surface area contributed by atoms with Gasteiger partial charge in [-0.2, -0.15) is 0 Å². The molecule has 1 unspecified atom stereocenters. The second-order valence-electron chi connectivity index (χ2n) is 3.46. The van der Waals surface area contributed by atoms with E-state index in [1.807, 2.05) is 6.07 Å². The molecule has 0 saturated carbocycles. The Bertz CT molecular complexity index is 376. The van der Waals surface area contributed by atoms with Crippen LogP contribution in [0.15, 0.2) is 18.2 Å². The SMILES string of the molecule is NC(=O)c1ccc2c(c1)NC(CO)C2. The smallest absolute Gasteiger partial charge is 0.248 e. The van der Waals surface area contributed by atoms with Crippen molar-refractivity contribution in [3.8, 4) is 0 Å². The van der Waals surface area contributed by atoms with Gasteiger partial charge in [0.15, 0.2) is 0 Å². The van der Waals surface area contributed by atoms with E-state index < -0.39 is 5.91 Å². The van der Waals surface area contributed by atoms with Gasteiger partial charge in [-0.15, -0.1) is 0 Å². The van der Waals surface area contributed by atoms with E-state index in [9.17, 15) is 4.79 Å². The molecule has 1 aromatic rings. The summed E-state index contributed by atoms with van der Waals surface area (Å²) in [6, 6.07) is 5.38. The maximum atomic E-state index is 10.9. The number of nitrogens with one attached hydrogen (secondary N) is 1. The van der Waals surface area contributed by atoms with Crippen molar-refractivity contribution in [2.24, 2.45) is 5.73 Å². The average molecular weight is 192 g/mol. The molecule has 1 atom stereocenters. The number of amides is 1. The van der Waals surface area contributed by atoms with Crippen molar-refractivity contribution in [1.82, 2.24) is 0 Å².